The van der Waals surface area contributed by atoms with Crippen LogP contribution in [0.25, 0.3) is 0 Å². The Hall–Kier alpha value is -2.95. The van der Waals surface area contributed by atoms with Crippen LogP contribution in [0.1, 0.15) is 22.9 Å². The number of carbonyl (C=O) groups excluding carboxylic acids is 1. The zero-order valence-electron chi connectivity index (χ0n) is 18.2. The van der Waals surface area contributed by atoms with Crippen molar-refractivity contribution >= 4 is 23.2 Å². The molecule has 0 aliphatic carbocycles. The number of piperazine rings is 1. The smallest absolute Gasteiger partial charge is 0.417 e. The number of nitrogens with one attached hydrogen (secondary N) is 1. The number of hydrogen-bond acceptors (Lipinski definition) is 6. The van der Waals surface area contributed by atoms with Crippen molar-refractivity contribution in [1.29, 1.82) is 0 Å². The molecule has 7 nitrogen and oxygen atoms in total. The van der Waals surface area contributed by atoms with Crippen LogP contribution in [0.4, 0.5) is 18.9 Å². The number of anilines is 1. The lowest BCUT2D eigenvalue weighted by Crippen LogP contribution is -2.48. The molecule has 1 aromatic heterocycles. The van der Waals surface area contributed by atoms with E-state index in [2.05, 4.69) is 20.4 Å². The second-order valence-electron chi connectivity index (χ2n) is 8.04. The van der Waals surface area contributed by atoms with Gasteiger partial charge in [0.25, 0.3) is 0 Å². The summed E-state index contributed by atoms with van der Waals surface area (Å²) in [6.07, 6.45) is -4.01. The Balaban J connectivity index is 1.23. The van der Waals surface area contributed by atoms with Crippen LogP contribution in [0.2, 0.25) is 5.02 Å². The number of rotatable bonds is 7. The molecule has 2 heterocycles. The summed E-state index contributed by atoms with van der Waals surface area (Å²) in [4.78, 5) is 16.4. The van der Waals surface area contributed by atoms with Gasteiger partial charge in [0.15, 0.2) is 0 Å². The maximum absolute atomic E-state index is 13.0. The van der Waals surface area contributed by atoms with Crippen LogP contribution in [-0.2, 0) is 23.9 Å². The van der Waals surface area contributed by atoms with Crippen molar-refractivity contribution in [1.82, 2.24) is 20.0 Å². The molecule has 1 N–H and O–H groups in total. The number of amides is 1. The van der Waals surface area contributed by atoms with Gasteiger partial charge in [-0.2, -0.15) is 13.2 Å². The number of carbonyl (C=O) groups is 1. The average molecular weight is 494 g/mol. The Bertz CT molecular complexity index is 1120. The van der Waals surface area contributed by atoms with Gasteiger partial charge in [-0.25, -0.2) is 0 Å². The Morgan fingerprint density at radius 3 is 2.38 bits per heavy atom. The first-order valence-corrected chi connectivity index (χ1v) is 11.1. The van der Waals surface area contributed by atoms with Gasteiger partial charge >= 0.3 is 6.18 Å². The molecule has 34 heavy (non-hydrogen) atoms. The van der Waals surface area contributed by atoms with E-state index < -0.39 is 16.8 Å². The summed E-state index contributed by atoms with van der Waals surface area (Å²) in [6, 6.07) is 13.2. The summed E-state index contributed by atoms with van der Waals surface area (Å²) in [5.74, 6) is 0.721. The molecule has 1 fully saturated rings. The highest BCUT2D eigenvalue weighted by Crippen LogP contribution is 2.36. The van der Waals surface area contributed by atoms with Crippen LogP contribution in [0.5, 0.6) is 0 Å². The highest BCUT2D eigenvalue weighted by molar-refractivity contribution is 6.31. The predicted molar refractivity (Wildman–Crippen MR) is 120 cm³/mol. The Labute approximate surface area is 199 Å². The summed E-state index contributed by atoms with van der Waals surface area (Å²) >= 11 is 5.62. The van der Waals surface area contributed by atoms with E-state index in [1.165, 1.54) is 6.07 Å². The Morgan fingerprint density at radius 2 is 1.68 bits per heavy atom. The minimum atomic E-state index is -4.59. The van der Waals surface area contributed by atoms with Gasteiger partial charge in [0, 0.05) is 31.9 Å². The molecule has 2 aromatic carbocycles. The Kier molecular flexibility index (Phi) is 7.50. The molecule has 0 unspecified atom stereocenters. The molecule has 180 valence electrons. The van der Waals surface area contributed by atoms with Crippen molar-refractivity contribution in [2.75, 3.05) is 38.0 Å². The van der Waals surface area contributed by atoms with E-state index in [4.69, 9.17) is 16.0 Å². The number of benzene rings is 2. The van der Waals surface area contributed by atoms with Gasteiger partial charge in [-0.05, 0) is 23.8 Å². The highest BCUT2D eigenvalue weighted by Gasteiger charge is 2.33. The van der Waals surface area contributed by atoms with Gasteiger partial charge < -0.3 is 9.73 Å². The van der Waals surface area contributed by atoms with Crippen molar-refractivity contribution in [3.63, 3.8) is 0 Å². The molecule has 0 radical (unpaired) electrons. The molecule has 0 bridgehead atoms. The molecule has 1 aliphatic heterocycles. The van der Waals surface area contributed by atoms with Gasteiger partial charge in [0.05, 0.1) is 30.1 Å². The normalized spacial score (nSPS) is 15.4. The van der Waals surface area contributed by atoms with Crippen molar-refractivity contribution < 1.29 is 22.4 Å². The molecular formula is C23H23ClF3N5O2. The third-order valence-electron chi connectivity index (χ3n) is 5.45. The summed E-state index contributed by atoms with van der Waals surface area (Å²) in [7, 11) is 0. The number of halogens is 4. The lowest BCUT2D eigenvalue weighted by atomic mass is 10.2. The van der Waals surface area contributed by atoms with Gasteiger partial charge in [-0.15, -0.1) is 10.2 Å². The number of nitrogens with zero attached hydrogens (tertiary/aromatic N) is 4. The maximum Gasteiger partial charge on any atom is 0.417 e. The van der Waals surface area contributed by atoms with Crippen molar-refractivity contribution in [2.24, 2.45) is 0 Å². The van der Waals surface area contributed by atoms with E-state index in [0.29, 0.717) is 50.9 Å². The summed E-state index contributed by atoms with van der Waals surface area (Å²) in [6.45, 7) is 3.26. The van der Waals surface area contributed by atoms with Gasteiger partial charge in [0.2, 0.25) is 17.7 Å². The first-order valence-electron chi connectivity index (χ1n) is 10.7. The minimum Gasteiger partial charge on any atom is -0.424 e. The molecule has 4 rings (SSSR count). The summed E-state index contributed by atoms with van der Waals surface area (Å²) in [5, 5.41) is 10.3. The third-order valence-corrected chi connectivity index (χ3v) is 5.78. The number of aromatic nitrogens is 2. The maximum atomic E-state index is 13.0. The fraction of sp³-hybridized carbons (Fsp3) is 0.348. The lowest BCUT2D eigenvalue weighted by molar-refractivity contribution is -0.137. The van der Waals surface area contributed by atoms with Crippen LogP contribution in [0.3, 0.4) is 0 Å². The van der Waals surface area contributed by atoms with E-state index in [1.54, 1.807) is 0 Å². The fourth-order valence-electron chi connectivity index (χ4n) is 3.71. The van der Waals surface area contributed by atoms with Crippen molar-refractivity contribution in [2.45, 2.75) is 19.1 Å². The predicted octanol–water partition coefficient (Wildman–Crippen LogP) is 4.09. The molecule has 1 aliphatic rings. The first kappa shape index (κ1) is 24.2. The van der Waals surface area contributed by atoms with Crippen LogP contribution >= 0.6 is 11.6 Å². The minimum absolute atomic E-state index is 0.0584. The van der Waals surface area contributed by atoms with Gasteiger partial charge in [-0.1, -0.05) is 41.9 Å². The molecule has 0 saturated carbocycles. The first-order chi connectivity index (χ1) is 16.3. The molecule has 3 aromatic rings. The highest BCUT2D eigenvalue weighted by atomic mass is 35.5. The van der Waals surface area contributed by atoms with Gasteiger partial charge in [0.1, 0.15) is 0 Å². The standard InChI is InChI=1S/C23H23ClF3N5O2/c24-19-7-6-17(13-18(19)23(25,26)27)28-20(33)14-31-8-10-32(11-9-31)15-22-30-29-21(34-22)12-16-4-2-1-3-5-16/h1-7,13H,8-12,14-15H2,(H,28,33). The summed E-state index contributed by atoms with van der Waals surface area (Å²) < 4.78 is 44.8. The van der Waals surface area contributed by atoms with E-state index in [1.807, 2.05) is 35.2 Å². The molecule has 0 atom stereocenters. The zero-order valence-corrected chi connectivity index (χ0v) is 18.9. The number of hydrogen-bond donors (Lipinski definition) is 1. The second kappa shape index (κ2) is 10.5. The van der Waals surface area contributed by atoms with E-state index in [-0.39, 0.29) is 18.1 Å². The fourth-order valence-corrected chi connectivity index (χ4v) is 3.94. The SMILES string of the molecule is O=C(CN1CCN(Cc2nnc(Cc3ccccc3)o2)CC1)Nc1ccc(Cl)c(C(F)(F)F)c1. The monoisotopic (exact) mass is 493 g/mol. The molecular weight excluding hydrogens is 471 g/mol. The van der Waals surface area contributed by atoms with Crippen LogP contribution < -0.4 is 5.32 Å². The van der Waals surface area contributed by atoms with Crippen molar-refractivity contribution in [3.8, 4) is 0 Å². The lowest BCUT2D eigenvalue weighted by Gasteiger charge is -2.33. The molecule has 11 heteroatoms. The molecule has 1 saturated heterocycles. The van der Waals surface area contributed by atoms with E-state index in [0.717, 1.165) is 17.7 Å². The van der Waals surface area contributed by atoms with Crippen LogP contribution in [0.15, 0.2) is 52.9 Å². The topological polar surface area (TPSA) is 74.5 Å². The third kappa shape index (κ3) is 6.55. The summed E-state index contributed by atoms with van der Waals surface area (Å²) in [5.41, 5.74) is 0.175. The largest absolute Gasteiger partial charge is 0.424 e. The van der Waals surface area contributed by atoms with E-state index in [9.17, 15) is 18.0 Å². The second-order valence-corrected chi connectivity index (χ2v) is 8.45. The Morgan fingerprint density at radius 1 is 1.00 bits per heavy atom. The quantitative estimate of drug-likeness (QED) is 0.534. The zero-order chi connectivity index (χ0) is 24.1. The number of alkyl halides is 3. The molecule has 0 spiro atoms. The van der Waals surface area contributed by atoms with Crippen molar-refractivity contribution in [3.05, 3.63) is 76.5 Å². The van der Waals surface area contributed by atoms with Crippen LogP contribution in [0, 0.1) is 0 Å². The van der Waals surface area contributed by atoms with E-state index >= 15 is 0 Å². The molecule has 1 amide bonds. The van der Waals surface area contributed by atoms with Gasteiger partial charge in [-0.3, -0.25) is 14.6 Å². The average Bonchev–Trinajstić information content (AvgIpc) is 3.23. The van der Waals surface area contributed by atoms with Crippen LogP contribution in [-0.4, -0.2) is 58.6 Å².